The fourth-order valence-electron chi connectivity index (χ4n) is 4.91. The van der Waals surface area contributed by atoms with Crippen LogP contribution in [0.2, 0.25) is 0 Å². The molecule has 1 amide bonds. The van der Waals surface area contributed by atoms with Gasteiger partial charge in [-0.1, -0.05) is 42.5 Å². The van der Waals surface area contributed by atoms with Gasteiger partial charge in [0.25, 0.3) is 0 Å². The third-order valence-electron chi connectivity index (χ3n) is 6.82. The van der Waals surface area contributed by atoms with Crippen molar-refractivity contribution in [1.29, 1.82) is 0 Å². The van der Waals surface area contributed by atoms with Crippen molar-refractivity contribution in [2.45, 2.75) is 37.8 Å². The van der Waals surface area contributed by atoms with E-state index in [0.29, 0.717) is 12.3 Å². The van der Waals surface area contributed by atoms with Crippen molar-refractivity contribution in [1.82, 2.24) is 19.8 Å². The molecule has 5 nitrogen and oxygen atoms in total. The van der Waals surface area contributed by atoms with Crippen molar-refractivity contribution in [2.24, 2.45) is 0 Å². The van der Waals surface area contributed by atoms with Gasteiger partial charge >= 0.3 is 0 Å². The molecule has 3 heterocycles. The van der Waals surface area contributed by atoms with E-state index in [1.807, 2.05) is 24.3 Å². The minimum absolute atomic E-state index is 0.0995. The zero-order valence-electron chi connectivity index (χ0n) is 16.8. The van der Waals surface area contributed by atoms with Crippen molar-refractivity contribution < 1.29 is 4.79 Å². The van der Waals surface area contributed by atoms with E-state index in [1.165, 1.54) is 10.8 Å². The van der Waals surface area contributed by atoms with E-state index < -0.39 is 0 Å². The van der Waals surface area contributed by atoms with Gasteiger partial charge in [-0.05, 0) is 30.0 Å². The summed E-state index contributed by atoms with van der Waals surface area (Å²) >= 11 is 0. The SMILES string of the molecule is CN1C(=O)CCC12CCN(Cc1cnc(-c3cccc4ccccc34)nc1)CC2. The first kappa shape index (κ1) is 18.3. The highest BCUT2D eigenvalue weighted by atomic mass is 16.2. The number of aromatic nitrogens is 2. The van der Waals surface area contributed by atoms with Crippen molar-refractivity contribution >= 4 is 16.7 Å². The molecule has 0 saturated carbocycles. The van der Waals surface area contributed by atoms with Crippen LogP contribution < -0.4 is 0 Å². The Kier molecular flexibility index (Phi) is 4.55. The van der Waals surface area contributed by atoms with Crippen LogP contribution in [0.3, 0.4) is 0 Å². The van der Waals surface area contributed by atoms with Crippen molar-refractivity contribution in [3.8, 4) is 11.4 Å². The van der Waals surface area contributed by atoms with E-state index >= 15 is 0 Å². The van der Waals surface area contributed by atoms with Crippen LogP contribution in [0, 0.1) is 0 Å². The number of nitrogens with zero attached hydrogens (tertiary/aromatic N) is 4. The molecule has 5 heteroatoms. The smallest absolute Gasteiger partial charge is 0.222 e. The molecule has 2 aliphatic heterocycles. The summed E-state index contributed by atoms with van der Waals surface area (Å²) in [7, 11) is 1.98. The van der Waals surface area contributed by atoms with Gasteiger partial charge in [-0.2, -0.15) is 0 Å². The van der Waals surface area contributed by atoms with E-state index in [4.69, 9.17) is 0 Å². The number of fused-ring (bicyclic) bond motifs is 1. The first-order valence-corrected chi connectivity index (χ1v) is 10.4. The number of piperidine rings is 1. The van der Waals surface area contributed by atoms with Crippen LogP contribution in [0.15, 0.2) is 54.9 Å². The number of carbonyl (C=O) groups is 1. The normalized spacial score (nSPS) is 19.3. The maximum Gasteiger partial charge on any atom is 0.222 e. The van der Waals surface area contributed by atoms with E-state index in [1.54, 1.807) is 0 Å². The topological polar surface area (TPSA) is 49.3 Å². The number of benzene rings is 2. The molecular weight excluding hydrogens is 360 g/mol. The summed E-state index contributed by atoms with van der Waals surface area (Å²) in [5.74, 6) is 1.07. The van der Waals surface area contributed by atoms with Crippen LogP contribution in [0.5, 0.6) is 0 Å². The molecule has 29 heavy (non-hydrogen) atoms. The van der Waals surface area contributed by atoms with Gasteiger partial charge in [0.05, 0.1) is 0 Å². The van der Waals surface area contributed by atoms with E-state index in [0.717, 1.165) is 55.8 Å². The lowest BCUT2D eigenvalue weighted by Crippen LogP contribution is -2.51. The molecule has 1 spiro atoms. The van der Waals surface area contributed by atoms with Crippen molar-refractivity contribution in [3.05, 3.63) is 60.4 Å². The first-order valence-electron chi connectivity index (χ1n) is 10.4. The quantitative estimate of drug-likeness (QED) is 0.685. The third kappa shape index (κ3) is 3.29. The fourth-order valence-corrected chi connectivity index (χ4v) is 4.91. The minimum atomic E-state index is 0.0995. The van der Waals surface area contributed by atoms with E-state index in [2.05, 4.69) is 57.3 Å². The van der Waals surface area contributed by atoms with Crippen LogP contribution in [0.1, 0.15) is 31.2 Å². The van der Waals surface area contributed by atoms with Crippen LogP contribution in [-0.4, -0.2) is 51.4 Å². The van der Waals surface area contributed by atoms with Gasteiger partial charge in [0.1, 0.15) is 0 Å². The second-order valence-electron chi connectivity index (χ2n) is 8.39. The van der Waals surface area contributed by atoms with Crippen molar-refractivity contribution in [3.63, 3.8) is 0 Å². The number of likely N-dealkylation sites (tertiary alicyclic amines) is 2. The molecule has 2 saturated heterocycles. The summed E-state index contributed by atoms with van der Waals surface area (Å²) < 4.78 is 0. The Balaban J connectivity index is 1.28. The molecule has 0 unspecified atom stereocenters. The van der Waals surface area contributed by atoms with Gasteiger partial charge in [0.2, 0.25) is 5.91 Å². The Labute approximate surface area is 171 Å². The third-order valence-corrected chi connectivity index (χ3v) is 6.82. The van der Waals surface area contributed by atoms with E-state index in [-0.39, 0.29) is 5.54 Å². The molecule has 1 aromatic heterocycles. The number of hydrogen-bond donors (Lipinski definition) is 0. The highest BCUT2D eigenvalue weighted by Gasteiger charge is 2.44. The van der Waals surface area contributed by atoms with Gasteiger partial charge < -0.3 is 4.90 Å². The largest absolute Gasteiger partial charge is 0.340 e. The molecule has 0 aliphatic carbocycles. The molecule has 148 valence electrons. The van der Waals surface area contributed by atoms with Gasteiger partial charge in [-0.15, -0.1) is 0 Å². The summed E-state index contributed by atoms with van der Waals surface area (Å²) in [6.45, 7) is 2.90. The maximum absolute atomic E-state index is 11.9. The van der Waals surface area contributed by atoms with Crippen LogP contribution >= 0.6 is 0 Å². The summed E-state index contributed by atoms with van der Waals surface area (Å²) in [4.78, 5) is 25.7. The molecule has 5 rings (SSSR count). The first-order chi connectivity index (χ1) is 14.1. The number of rotatable bonds is 3. The average molecular weight is 386 g/mol. The highest BCUT2D eigenvalue weighted by Crippen LogP contribution is 2.38. The summed E-state index contributed by atoms with van der Waals surface area (Å²) in [5, 5.41) is 2.38. The Bertz CT molecular complexity index is 1030. The summed E-state index contributed by atoms with van der Waals surface area (Å²) in [5.41, 5.74) is 2.31. The number of amides is 1. The Morgan fingerprint density at radius 3 is 2.41 bits per heavy atom. The Hall–Kier alpha value is -2.79. The average Bonchev–Trinajstić information content (AvgIpc) is 3.04. The fraction of sp³-hybridized carbons (Fsp3) is 0.375. The van der Waals surface area contributed by atoms with Crippen LogP contribution in [0.25, 0.3) is 22.2 Å². The second-order valence-corrected chi connectivity index (χ2v) is 8.39. The molecule has 3 aromatic rings. The van der Waals surface area contributed by atoms with Gasteiger partial charge in [0, 0.05) is 62.2 Å². The summed E-state index contributed by atoms with van der Waals surface area (Å²) in [6.07, 6.45) is 7.76. The van der Waals surface area contributed by atoms with Gasteiger partial charge in [-0.3, -0.25) is 9.69 Å². The molecule has 0 bridgehead atoms. The maximum atomic E-state index is 11.9. The Morgan fingerprint density at radius 2 is 1.69 bits per heavy atom. The lowest BCUT2D eigenvalue weighted by molar-refractivity contribution is -0.130. The zero-order valence-corrected chi connectivity index (χ0v) is 16.8. The zero-order chi connectivity index (χ0) is 19.8. The molecule has 0 N–H and O–H groups in total. The minimum Gasteiger partial charge on any atom is -0.340 e. The van der Waals surface area contributed by atoms with Crippen LogP contribution in [-0.2, 0) is 11.3 Å². The molecule has 0 atom stereocenters. The van der Waals surface area contributed by atoms with Gasteiger partial charge in [-0.25, -0.2) is 9.97 Å². The lowest BCUT2D eigenvalue weighted by Gasteiger charge is -2.43. The lowest BCUT2D eigenvalue weighted by atomic mass is 9.85. The van der Waals surface area contributed by atoms with Crippen molar-refractivity contribution in [2.75, 3.05) is 20.1 Å². The molecule has 0 radical (unpaired) electrons. The number of carbonyl (C=O) groups excluding carboxylic acids is 1. The standard InChI is InChI=1S/C24H26N4O/c1-27-22(29)9-10-24(27)11-13-28(14-12-24)17-18-15-25-23(26-16-18)21-8-4-6-19-5-2-3-7-20(19)21/h2-8,15-16H,9-14,17H2,1H3. The molecule has 2 aliphatic rings. The van der Waals surface area contributed by atoms with Crippen LogP contribution in [0.4, 0.5) is 0 Å². The molecular formula is C24H26N4O. The second kappa shape index (κ2) is 7.23. The highest BCUT2D eigenvalue weighted by molar-refractivity contribution is 5.94. The van der Waals surface area contributed by atoms with E-state index in [9.17, 15) is 4.79 Å². The number of hydrogen-bond acceptors (Lipinski definition) is 4. The monoisotopic (exact) mass is 386 g/mol. The molecule has 2 aromatic carbocycles. The molecule has 2 fully saturated rings. The Morgan fingerprint density at radius 1 is 0.966 bits per heavy atom. The predicted octanol–water partition coefficient (Wildman–Crippen LogP) is 3.88. The summed E-state index contributed by atoms with van der Waals surface area (Å²) in [6, 6.07) is 14.6. The predicted molar refractivity (Wildman–Crippen MR) is 114 cm³/mol. The van der Waals surface area contributed by atoms with Gasteiger partial charge in [0.15, 0.2) is 5.82 Å².